The van der Waals surface area contributed by atoms with Crippen molar-refractivity contribution in [3.8, 4) is 0 Å². The molecule has 0 aliphatic carbocycles. The number of esters is 2. The minimum atomic E-state index is -1.26. The van der Waals surface area contributed by atoms with Crippen molar-refractivity contribution in [3.63, 3.8) is 0 Å². The molecule has 1 amide bonds. The number of nitrogens with zero attached hydrogens (tertiary/aromatic N) is 1. The van der Waals surface area contributed by atoms with Gasteiger partial charge < -0.3 is 9.47 Å². The zero-order valence-corrected chi connectivity index (χ0v) is 12.7. The van der Waals surface area contributed by atoms with E-state index in [0.29, 0.717) is 6.42 Å². The van der Waals surface area contributed by atoms with E-state index in [0.717, 1.165) is 16.7 Å². The zero-order valence-electron chi connectivity index (χ0n) is 12.7. The molecule has 0 bridgehead atoms. The fourth-order valence-electron chi connectivity index (χ4n) is 3.22. The first-order valence-electron chi connectivity index (χ1n) is 7.21. The Hall–Kier alpha value is -2.37. The first kappa shape index (κ1) is 14.6. The highest BCUT2D eigenvalue weighted by molar-refractivity contribution is 6.34. The molecule has 1 saturated heterocycles. The molecule has 0 spiro atoms. The molecule has 1 fully saturated rings. The summed E-state index contributed by atoms with van der Waals surface area (Å²) in [6.07, 6.45) is 0.312. The lowest BCUT2D eigenvalue weighted by molar-refractivity contribution is -0.169. The van der Waals surface area contributed by atoms with Gasteiger partial charge in [0, 0.05) is 12.0 Å². The van der Waals surface area contributed by atoms with Gasteiger partial charge in [0.2, 0.25) is 5.72 Å². The highest BCUT2D eigenvalue weighted by Crippen LogP contribution is 2.43. The van der Waals surface area contributed by atoms with E-state index >= 15 is 0 Å². The number of ether oxygens (including phenoxy) is 2. The number of benzene rings is 1. The fraction of sp³-hybridized carbons (Fsp3) is 0.438. The third-order valence-corrected chi connectivity index (χ3v) is 4.19. The maximum atomic E-state index is 12.2. The topological polar surface area (TPSA) is 72.9 Å². The van der Waals surface area contributed by atoms with Gasteiger partial charge >= 0.3 is 17.8 Å². The average molecular weight is 303 g/mol. The Bertz CT molecular complexity index is 683. The van der Waals surface area contributed by atoms with Crippen molar-refractivity contribution in [1.29, 1.82) is 0 Å². The molecule has 6 nitrogen and oxygen atoms in total. The third-order valence-electron chi connectivity index (χ3n) is 4.19. The van der Waals surface area contributed by atoms with Gasteiger partial charge in [0.05, 0.1) is 6.61 Å². The van der Waals surface area contributed by atoms with Crippen molar-refractivity contribution in [2.75, 3.05) is 6.61 Å². The Morgan fingerprint density at radius 3 is 2.86 bits per heavy atom. The molecule has 3 rings (SSSR count). The number of hydrogen-bond acceptors (Lipinski definition) is 5. The Kier molecular flexibility index (Phi) is 3.20. The molecule has 2 aliphatic rings. The summed E-state index contributed by atoms with van der Waals surface area (Å²) in [6.45, 7) is 5.47. The van der Waals surface area contributed by atoms with Crippen LogP contribution in [0.4, 0.5) is 0 Å². The largest absolute Gasteiger partial charge is 0.464 e. The smallest absolute Gasteiger partial charge is 0.399 e. The van der Waals surface area contributed by atoms with Crippen molar-refractivity contribution in [2.24, 2.45) is 0 Å². The minimum absolute atomic E-state index is 0.212. The summed E-state index contributed by atoms with van der Waals surface area (Å²) < 4.78 is 10.4. The van der Waals surface area contributed by atoms with Gasteiger partial charge in [-0.1, -0.05) is 17.7 Å². The van der Waals surface area contributed by atoms with E-state index in [2.05, 4.69) is 0 Å². The number of amides is 1. The second kappa shape index (κ2) is 4.83. The second-order valence-corrected chi connectivity index (χ2v) is 5.68. The van der Waals surface area contributed by atoms with Gasteiger partial charge in [-0.3, -0.25) is 9.69 Å². The number of fused-ring (bicyclic) bond motifs is 3. The maximum Gasteiger partial charge on any atom is 0.399 e. The number of carbonyl (C=O) groups excluding carboxylic acids is 3. The van der Waals surface area contributed by atoms with Crippen LogP contribution in [0.1, 0.15) is 30.5 Å². The number of hydrogen-bond donors (Lipinski definition) is 0. The second-order valence-electron chi connectivity index (χ2n) is 5.68. The molecule has 1 aromatic rings. The van der Waals surface area contributed by atoms with Crippen LogP contribution in [0.2, 0.25) is 0 Å². The molecule has 0 radical (unpaired) electrons. The lowest BCUT2D eigenvalue weighted by Gasteiger charge is -2.42. The monoisotopic (exact) mass is 303 g/mol. The van der Waals surface area contributed by atoms with E-state index in [1.165, 1.54) is 4.90 Å². The third kappa shape index (κ3) is 1.90. The lowest BCUT2D eigenvalue weighted by Crippen LogP contribution is -2.56. The predicted octanol–water partition coefficient (Wildman–Crippen LogP) is 1.04. The first-order valence-corrected chi connectivity index (χ1v) is 7.21. The SMILES string of the molecule is CCOC(=O)C1Cc2ccc(C)cc2C2(C)OC(=O)C(=O)N12. The van der Waals surface area contributed by atoms with Crippen molar-refractivity contribution >= 4 is 17.8 Å². The molecule has 0 N–H and O–H groups in total. The number of rotatable bonds is 2. The van der Waals surface area contributed by atoms with Crippen LogP contribution in [0.3, 0.4) is 0 Å². The standard InChI is InChI=1S/C16H17NO5/c1-4-21-14(19)12-8-10-6-5-9(2)7-11(10)16(3)17(12)13(18)15(20)22-16/h5-7,12H,4,8H2,1-3H3. The molecule has 6 heteroatoms. The summed E-state index contributed by atoms with van der Waals surface area (Å²) in [4.78, 5) is 37.4. The van der Waals surface area contributed by atoms with Crippen LogP contribution < -0.4 is 0 Å². The van der Waals surface area contributed by atoms with E-state index in [4.69, 9.17) is 9.47 Å². The number of aryl methyl sites for hydroxylation is 1. The molecule has 0 aromatic heterocycles. The molecule has 2 unspecified atom stereocenters. The van der Waals surface area contributed by atoms with Gasteiger partial charge in [0.25, 0.3) is 0 Å². The summed E-state index contributed by atoms with van der Waals surface area (Å²) in [5.41, 5.74) is 1.35. The van der Waals surface area contributed by atoms with Gasteiger partial charge in [-0.2, -0.15) is 0 Å². The fourth-order valence-corrected chi connectivity index (χ4v) is 3.22. The first-order chi connectivity index (χ1) is 10.4. The van der Waals surface area contributed by atoms with E-state index in [1.54, 1.807) is 13.8 Å². The van der Waals surface area contributed by atoms with E-state index < -0.39 is 29.6 Å². The summed E-state index contributed by atoms with van der Waals surface area (Å²) in [6, 6.07) is 4.86. The zero-order chi connectivity index (χ0) is 16.1. The molecule has 0 saturated carbocycles. The van der Waals surface area contributed by atoms with Gasteiger partial charge in [0.1, 0.15) is 6.04 Å². The lowest BCUT2D eigenvalue weighted by atomic mass is 9.85. The van der Waals surface area contributed by atoms with Gasteiger partial charge in [-0.05, 0) is 32.4 Å². The molecule has 22 heavy (non-hydrogen) atoms. The Morgan fingerprint density at radius 1 is 1.45 bits per heavy atom. The molecule has 1 aromatic carbocycles. The average Bonchev–Trinajstić information content (AvgIpc) is 2.70. The van der Waals surface area contributed by atoms with Crippen LogP contribution in [0.15, 0.2) is 18.2 Å². The molecule has 2 heterocycles. The Morgan fingerprint density at radius 2 is 2.18 bits per heavy atom. The van der Waals surface area contributed by atoms with Crippen LogP contribution in [-0.2, 0) is 36.0 Å². The van der Waals surface area contributed by atoms with Crippen LogP contribution in [0.5, 0.6) is 0 Å². The quantitative estimate of drug-likeness (QED) is 0.603. The van der Waals surface area contributed by atoms with E-state index in [-0.39, 0.29) is 6.61 Å². The summed E-state index contributed by atoms with van der Waals surface area (Å²) in [5.74, 6) is -2.26. The van der Waals surface area contributed by atoms with Crippen molar-refractivity contribution < 1.29 is 23.9 Å². The van der Waals surface area contributed by atoms with Crippen LogP contribution in [0, 0.1) is 6.92 Å². The molecule has 2 aliphatic heterocycles. The van der Waals surface area contributed by atoms with Gasteiger partial charge in [0.15, 0.2) is 0 Å². The van der Waals surface area contributed by atoms with Crippen LogP contribution >= 0.6 is 0 Å². The highest BCUT2D eigenvalue weighted by atomic mass is 16.6. The van der Waals surface area contributed by atoms with Crippen molar-refractivity contribution in [3.05, 3.63) is 34.9 Å². The van der Waals surface area contributed by atoms with Crippen molar-refractivity contribution in [2.45, 2.75) is 39.0 Å². The van der Waals surface area contributed by atoms with E-state index in [9.17, 15) is 14.4 Å². The molecule has 116 valence electrons. The maximum absolute atomic E-state index is 12.2. The molecular weight excluding hydrogens is 286 g/mol. The van der Waals surface area contributed by atoms with Crippen molar-refractivity contribution in [1.82, 2.24) is 4.90 Å². The van der Waals surface area contributed by atoms with Crippen LogP contribution in [-0.4, -0.2) is 35.4 Å². The van der Waals surface area contributed by atoms with E-state index in [1.807, 2.05) is 25.1 Å². The summed E-state index contributed by atoms with van der Waals surface area (Å²) in [7, 11) is 0. The van der Waals surface area contributed by atoms with Gasteiger partial charge in [-0.15, -0.1) is 0 Å². The summed E-state index contributed by atoms with van der Waals surface area (Å²) in [5, 5.41) is 0. The normalized spacial score (nSPS) is 26.3. The van der Waals surface area contributed by atoms with Gasteiger partial charge in [-0.25, -0.2) is 9.59 Å². The Labute approximate surface area is 128 Å². The predicted molar refractivity (Wildman–Crippen MR) is 75.6 cm³/mol. The molecule has 2 atom stereocenters. The minimum Gasteiger partial charge on any atom is -0.464 e. The number of carbonyl (C=O) groups is 3. The summed E-state index contributed by atoms with van der Waals surface area (Å²) >= 11 is 0. The Balaban J connectivity index is 2.15. The molecular formula is C16H17NO5. The van der Waals surface area contributed by atoms with Crippen LogP contribution in [0.25, 0.3) is 0 Å². The highest BCUT2D eigenvalue weighted by Gasteiger charge is 2.58.